The molecule has 15 heavy (non-hydrogen) atoms. The van der Waals surface area contributed by atoms with Crippen LogP contribution in [0.15, 0.2) is 22.9 Å². The Morgan fingerprint density at radius 1 is 1.73 bits per heavy atom. The van der Waals surface area contributed by atoms with E-state index in [4.69, 9.17) is 5.73 Å². The minimum Gasteiger partial charge on any atom is -0.340 e. The van der Waals surface area contributed by atoms with Gasteiger partial charge in [-0.1, -0.05) is 0 Å². The Kier molecular flexibility index (Phi) is 4.23. The lowest BCUT2D eigenvalue weighted by Gasteiger charge is -2.19. The average molecular weight is 272 g/mol. The lowest BCUT2D eigenvalue weighted by molar-refractivity contribution is -0.131. The van der Waals surface area contributed by atoms with Gasteiger partial charge in [-0.05, 0) is 40.5 Å². The highest BCUT2D eigenvalue weighted by atomic mass is 79.9. The molecule has 1 amide bonds. The van der Waals surface area contributed by atoms with Crippen molar-refractivity contribution < 1.29 is 4.79 Å². The predicted molar refractivity (Wildman–Crippen MR) is 62.1 cm³/mol. The van der Waals surface area contributed by atoms with Crippen LogP contribution in [0.1, 0.15) is 12.5 Å². The summed E-state index contributed by atoms with van der Waals surface area (Å²) in [5, 5.41) is 0. The molecule has 1 heterocycles. The van der Waals surface area contributed by atoms with Gasteiger partial charge in [0.2, 0.25) is 5.91 Å². The number of likely N-dealkylation sites (N-methyl/N-ethyl adjacent to an activating group) is 1. The third kappa shape index (κ3) is 3.60. The monoisotopic (exact) mass is 271 g/mol. The van der Waals surface area contributed by atoms with Gasteiger partial charge in [0.05, 0.1) is 6.04 Å². The summed E-state index contributed by atoms with van der Waals surface area (Å²) < 4.78 is 0.765. The summed E-state index contributed by atoms with van der Waals surface area (Å²) in [6.07, 6.45) is 1.70. The Balaban J connectivity index is 2.66. The number of nitrogens with zero attached hydrogens (tertiary/aromatic N) is 2. The first kappa shape index (κ1) is 12.1. The van der Waals surface area contributed by atoms with Crippen LogP contribution in [-0.4, -0.2) is 28.9 Å². The van der Waals surface area contributed by atoms with Crippen LogP contribution in [0.25, 0.3) is 0 Å². The number of amides is 1. The first-order valence-corrected chi connectivity index (χ1v) is 5.41. The van der Waals surface area contributed by atoms with Crippen LogP contribution in [0.5, 0.6) is 0 Å². The van der Waals surface area contributed by atoms with Crippen LogP contribution in [-0.2, 0) is 11.3 Å². The largest absolute Gasteiger partial charge is 0.340 e. The molecule has 0 aliphatic carbocycles. The second-order valence-corrected chi connectivity index (χ2v) is 4.28. The van der Waals surface area contributed by atoms with Crippen LogP contribution < -0.4 is 5.73 Å². The standard InChI is InChI=1S/C10H14BrN3O/c1-7(12)10(15)14(2)6-8-3-4-13-9(11)5-8/h3-5,7H,6,12H2,1-2H3/t7-/m0/s1. The molecule has 0 aliphatic heterocycles. The maximum absolute atomic E-state index is 11.5. The number of hydrogen-bond acceptors (Lipinski definition) is 3. The van der Waals surface area contributed by atoms with E-state index in [0.717, 1.165) is 10.2 Å². The second-order valence-electron chi connectivity index (χ2n) is 3.47. The van der Waals surface area contributed by atoms with Gasteiger partial charge in [0.1, 0.15) is 4.60 Å². The fourth-order valence-electron chi connectivity index (χ4n) is 1.24. The molecule has 0 fully saturated rings. The van der Waals surface area contributed by atoms with Gasteiger partial charge in [-0.3, -0.25) is 4.79 Å². The van der Waals surface area contributed by atoms with Crippen molar-refractivity contribution in [1.82, 2.24) is 9.88 Å². The van der Waals surface area contributed by atoms with Crippen molar-refractivity contribution in [1.29, 1.82) is 0 Å². The molecule has 1 atom stereocenters. The molecule has 2 N–H and O–H groups in total. The molecule has 0 radical (unpaired) electrons. The van der Waals surface area contributed by atoms with Crippen molar-refractivity contribution in [3.05, 3.63) is 28.5 Å². The highest BCUT2D eigenvalue weighted by Crippen LogP contribution is 2.10. The molecule has 82 valence electrons. The van der Waals surface area contributed by atoms with Crippen molar-refractivity contribution >= 4 is 21.8 Å². The van der Waals surface area contributed by atoms with E-state index < -0.39 is 6.04 Å². The topological polar surface area (TPSA) is 59.2 Å². The molecule has 5 heteroatoms. The van der Waals surface area contributed by atoms with E-state index in [1.165, 1.54) is 0 Å². The first-order valence-electron chi connectivity index (χ1n) is 4.61. The molecule has 0 saturated carbocycles. The Bertz CT molecular complexity index is 354. The van der Waals surface area contributed by atoms with Crippen molar-refractivity contribution in [2.45, 2.75) is 19.5 Å². The van der Waals surface area contributed by atoms with E-state index in [-0.39, 0.29) is 5.91 Å². The molecule has 0 spiro atoms. The van der Waals surface area contributed by atoms with E-state index in [1.807, 2.05) is 12.1 Å². The Morgan fingerprint density at radius 2 is 2.40 bits per heavy atom. The quantitative estimate of drug-likeness (QED) is 0.840. The maximum atomic E-state index is 11.5. The van der Waals surface area contributed by atoms with Gasteiger partial charge in [0, 0.05) is 19.8 Å². The third-order valence-electron chi connectivity index (χ3n) is 1.98. The summed E-state index contributed by atoms with van der Waals surface area (Å²) in [5.41, 5.74) is 6.53. The lowest BCUT2D eigenvalue weighted by Crippen LogP contribution is -2.39. The van der Waals surface area contributed by atoms with Crippen molar-refractivity contribution in [2.24, 2.45) is 5.73 Å². The van der Waals surface area contributed by atoms with E-state index >= 15 is 0 Å². The summed E-state index contributed by atoms with van der Waals surface area (Å²) >= 11 is 3.28. The predicted octanol–water partition coefficient (Wildman–Crippen LogP) is 1.15. The number of rotatable bonds is 3. The first-order chi connectivity index (χ1) is 7.00. The van der Waals surface area contributed by atoms with Crippen molar-refractivity contribution in [3.63, 3.8) is 0 Å². The Labute approximate surface area is 97.6 Å². The summed E-state index contributed by atoms with van der Waals surface area (Å²) in [6.45, 7) is 2.22. The second kappa shape index (κ2) is 5.23. The highest BCUT2D eigenvalue weighted by molar-refractivity contribution is 9.10. The molecule has 0 aromatic carbocycles. The van der Waals surface area contributed by atoms with E-state index in [9.17, 15) is 4.79 Å². The minimum atomic E-state index is -0.458. The Morgan fingerprint density at radius 3 is 2.93 bits per heavy atom. The fourth-order valence-corrected chi connectivity index (χ4v) is 1.65. The fraction of sp³-hybridized carbons (Fsp3) is 0.400. The molecule has 4 nitrogen and oxygen atoms in total. The lowest BCUT2D eigenvalue weighted by atomic mass is 10.2. The number of hydrogen-bond donors (Lipinski definition) is 1. The summed E-state index contributed by atoms with van der Waals surface area (Å²) in [5.74, 6) is -0.0667. The summed E-state index contributed by atoms with van der Waals surface area (Å²) in [7, 11) is 1.74. The van der Waals surface area contributed by atoms with Gasteiger partial charge in [-0.15, -0.1) is 0 Å². The molecule has 1 aromatic heterocycles. The SMILES string of the molecule is C[C@H](N)C(=O)N(C)Cc1ccnc(Br)c1. The van der Waals surface area contributed by atoms with E-state index in [2.05, 4.69) is 20.9 Å². The molecule has 0 aliphatic rings. The number of nitrogens with two attached hydrogens (primary N) is 1. The molecule has 0 bridgehead atoms. The average Bonchev–Trinajstić information content (AvgIpc) is 2.16. The molecule has 1 rings (SSSR count). The maximum Gasteiger partial charge on any atom is 0.239 e. The number of pyridine rings is 1. The molecule has 0 saturated heterocycles. The minimum absolute atomic E-state index is 0.0667. The number of carbonyl (C=O) groups is 1. The summed E-state index contributed by atoms with van der Waals surface area (Å²) in [4.78, 5) is 17.1. The zero-order valence-corrected chi connectivity index (χ0v) is 10.4. The van der Waals surface area contributed by atoms with Gasteiger partial charge in [0.15, 0.2) is 0 Å². The van der Waals surface area contributed by atoms with Crippen LogP contribution in [0.3, 0.4) is 0 Å². The molecular formula is C10H14BrN3O. The van der Waals surface area contributed by atoms with Gasteiger partial charge < -0.3 is 10.6 Å². The van der Waals surface area contributed by atoms with E-state index in [0.29, 0.717) is 6.54 Å². The highest BCUT2D eigenvalue weighted by Gasteiger charge is 2.13. The van der Waals surface area contributed by atoms with Gasteiger partial charge in [-0.25, -0.2) is 4.98 Å². The van der Waals surface area contributed by atoms with Crippen molar-refractivity contribution in [2.75, 3.05) is 7.05 Å². The molecule has 0 unspecified atom stereocenters. The van der Waals surface area contributed by atoms with Crippen molar-refractivity contribution in [3.8, 4) is 0 Å². The number of halogens is 1. The van der Waals surface area contributed by atoms with Gasteiger partial charge >= 0.3 is 0 Å². The smallest absolute Gasteiger partial charge is 0.239 e. The third-order valence-corrected chi connectivity index (χ3v) is 2.41. The number of aromatic nitrogens is 1. The van der Waals surface area contributed by atoms with Gasteiger partial charge in [0.25, 0.3) is 0 Å². The summed E-state index contributed by atoms with van der Waals surface area (Å²) in [6, 6.07) is 3.29. The van der Waals surface area contributed by atoms with Gasteiger partial charge in [-0.2, -0.15) is 0 Å². The van der Waals surface area contributed by atoms with E-state index in [1.54, 1.807) is 25.1 Å². The zero-order valence-electron chi connectivity index (χ0n) is 8.77. The molecule has 1 aromatic rings. The number of carbonyl (C=O) groups excluding carboxylic acids is 1. The van der Waals surface area contributed by atoms with Crippen LogP contribution >= 0.6 is 15.9 Å². The van der Waals surface area contributed by atoms with Crippen LogP contribution in [0.2, 0.25) is 0 Å². The molecular weight excluding hydrogens is 258 g/mol. The van der Waals surface area contributed by atoms with Crippen LogP contribution in [0, 0.1) is 0 Å². The Hall–Kier alpha value is -0.940. The van der Waals surface area contributed by atoms with Crippen LogP contribution in [0.4, 0.5) is 0 Å². The normalized spacial score (nSPS) is 12.3. The zero-order chi connectivity index (χ0) is 11.4.